The molecule has 0 aromatic heterocycles. The summed E-state index contributed by atoms with van der Waals surface area (Å²) >= 11 is 0. The van der Waals surface area contributed by atoms with Crippen LogP contribution >= 0.6 is 0 Å². The van der Waals surface area contributed by atoms with Gasteiger partial charge in [0.15, 0.2) is 0 Å². The average molecular weight is 284 g/mol. The summed E-state index contributed by atoms with van der Waals surface area (Å²) in [6.07, 6.45) is -3.74. The van der Waals surface area contributed by atoms with E-state index in [-0.39, 0.29) is 18.7 Å². The van der Waals surface area contributed by atoms with Crippen molar-refractivity contribution < 1.29 is 18.3 Å². The van der Waals surface area contributed by atoms with Gasteiger partial charge in [-0.2, -0.15) is 13.2 Å². The van der Waals surface area contributed by atoms with E-state index in [1.807, 2.05) is 13.8 Å². The van der Waals surface area contributed by atoms with E-state index in [9.17, 15) is 18.3 Å². The summed E-state index contributed by atoms with van der Waals surface area (Å²) in [5.74, 6) is 0. The standard InChI is InChI=1S/C13H27F3N2O/c1-6-17-12(5,9-19)7-11(4)18(10(2)3)8-13(14,15)16/h10-11,17,19H,6-9H2,1-5H3. The maximum Gasteiger partial charge on any atom is 0.401 e. The van der Waals surface area contributed by atoms with Crippen molar-refractivity contribution in [1.82, 2.24) is 10.2 Å². The van der Waals surface area contributed by atoms with Crippen molar-refractivity contribution in [3.63, 3.8) is 0 Å². The molecule has 0 aliphatic heterocycles. The molecule has 0 amide bonds. The maximum atomic E-state index is 12.6. The highest BCUT2D eigenvalue weighted by Crippen LogP contribution is 2.23. The number of likely N-dealkylation sites (N-methyl/N-ethyl adjacent to an activating group) is 1. The number of halogens is 3. The Morgan fingerprint density at radius 2 is 1.74 bits per heavy atom. The van der Waals surface area contributed by atoms with E-state index in [2.05, 4.69) is 5.32 Å². The molecule has 0 heterocycles. The first-order chi connectivity index (χ1) is 8.54. The summed E-state index contributed by atoms with van der Waals surface area (Å²) in [5, 5.41) is 12.6. The van der Waals surface area contributed by atoms with E-state index in [1.165, 1.54) is 4.90 Å². The summed E-state index contributed by atoms with van der Waals surface area (Å²) in [5.41, 5.74) is -0.549. The predicted molar refractivity (Wildman–Crippen MR) is 71.1 cm³/mol. The first-order valence-corrected chi connectivity index (χ1v) is 6.73. The first kappa shape index (κ1) is 18.7. The molecule has 0 aromatic carbocycles. The molecule has 2 N–H and O–H groups in total. The number of rotatable bonds is 8. The fourth-order valence-corrected chi connectivity index (χ4v) is 2.44. The third-order valence-electron chi connectivity index (χ3n) is 3.29. The van der Waals surface area contributed by atoms with Crippen LogP contribution < -0.4 is 5.32 Å². The van der Waals surface area contributed by atoms with E-state index in [0.717, 1.165) is 0 Å². The molecular weight excluding hydrogens is 257 g/mol. The van der Waals surface area contributed by atoms with Crippen LogP contribution in [-0.4, -0.2) is 53.5 Å². The lowest BCUT2D eigenvalue weighted by molar-refractivity contribution is -0.155. The minimum absolute atomic E-state index is 0.0941. The second-order valence-electron chi connectivity index (χ2n) is 5.68. The summed E-state index contributed by atoms with van der Waals surface area (Å²) in [6.45, 7) is 8.69. The highest BCUT2D eigenvalue weighted by Gasteiger charge is 2.36. The van der Waals surface area contributed by atoms with Gasteiger partial charge in [-0.15, -0.1) is 0 Å². The molecule has 0 fully saturated rings. The molecular formula is C13H27F3N2O. The van der Waals surface area contributed by atoms with Crippen LogP contribution in [0.5, 0.6) is 0 Å². The monoisotopic (exact) mass is 284 g/mol. The highest BCUT2D eigenvalue weighted by atomic mass is 19.4. The zero-order chi connectivity index (χ0) is 15.3. The molecule has 0 radical (unpaired) electrons. The van der Waals surface area contributed by atoms with Crippen molar-refractivity contribution in [2.75, 3.05) is 19.7 Å². The fourth-order valence-electron chi connectivity index (χ4n) is 2.44. The number of alkyl halides is 3. The van der Waals surface area contributed by atoms with Crippen LogP contribution in [0.25, 0.3) is 0 Å². The van der Waals surface area contributed by atoms with Gasteiger partial charge in [0.2, 0.25) is 0 Å². The molecule has 2 atom stereocenters. The van der Waals surface area contributed by atoms with E-state index in [1.54, 1.807) is 20.8 Å². The summed E-state index contributed by atoms with van der Waals surface area (Å²) < 4.78 is 37.7. The Labute approximate surface area is 114 Å². The fraction of sp³-hybridized carbons (Fsp3) is 1.00. The Kier molecular flexibility index (Phi) is 7.32. The second-order valence-corrected chi connectivity index (χ2v) is 5.68. The molecule has 2 unspecified atom stereocenters. The van der Waals surface area contributed by atoms with Crippen LogP contribution in [0.15, 0.2) is 0 Å². The van der Waals surface area contributed by atoms with E-state index in [0.29, 0.717) is 13.0 Å². The second kappa shape index (κ2) is 7.45. The van der Waals surface area contributed by atoms with Crippen molar-refractivity contribution in [1.29, 1.82) is 0 Å². The molecule has 0 saturated heterocycles. The molecule has 0 spiro atoms. The lowest BCUT2D eigenvalue weighted by Gasteiger charge is -2.39. The van der Waals surface area contributed by atoms with Crippen LogP contribution in [0.1, 0.15) is 41.0 Å². The largest absolute Gasteiger partial charge is 0.401 e. The quantitative estimate of drug-likeness (QED) is 0.718. The summed E-state index contributed by atoms with van der Waals surface area (Å²) in [4.78, 5) is 1.42. The van der Waals surface area contributed by atoms with E-state index < -0.39 is 18.3 Å². The predicted octanol–water partition coefficient (Wildman–Crippen LogP) is 2.40. The highest BCUT2D eigenvalue weighted by molar-refractivity contribution is 4.88. The molecule has 0 saturated carbocycles. The van der Waals surface area contributed by atoms with Crippen LogP contribution in [0, 0.1) is 0 Å². The van der Waals surface area contributed by atoms with Crippen LogP contribution in [-0.2, 0) is 0 Å². The molecule has 116 valence electrons. The lowest BCUT2D eigenvalue weighted by atomic mass is 9.93. The number of aliphatic hydroxyl groups is 1. The van der Waals surface area contributed by atoms with E-state index in [4.69, 9.17) is 0 Å². The van der Waals surface area contributed by atoms with Gasteiger partial charge in [0, 0.05) is 17.6 Å². The van der Waals surface area contributed by atoms with Crippen molar-refractivity contribution in [3.8, 4) is 0 Å². The smallest absolute Gasteiger partial charge is 0.394 e. The molecule has 3 nitrogen and oxygen atoms in total. The lowest BCUT2D eigenvalue weighted by Crippen LogP contribution is -2.53. The number of hydrogen-bond donors (Lipinski definition) is 2. The minimum Gasteiger partial charge on any atom is -0.394 e. The third kappa shape index (κ3) is 7.13. The van der Waals surface area contributed by atoms with Gasteiger partial charge < -0.3 is 10.4 Å². The molecule has 0 aromatic rings. The Morgan fingerprint density at radius 3 is 2.05 bits per heavy atom. The average Bonchev–Trinajstić information content (AvgIpc) is 2.24. The zero-order valence-corrected chi connectivity index (χ0v) is 12.5. The molecule has 0 bridgehead atoms. The Bertz CT molecular complexity index is 259. The van der Waals surface area contributed by atoms with Gasteiger partial charge in [-0.05, 0) is 40.7 Å². The van der Waals surface area contributed by atoms with Crippen LogP contribution in [0.2, 0.25) is 0 Å². The Morgan fingerprint density at radius 1 is 1.21 bits per heavy atom. The molecule has 0 aliphatic rings. The minimum atomic E-state index is -4.20. The zero-order valence-electron chi connectivity index (χ0n) is 12.5. The third-order valence-corrected chi connectivity index (χ3v) is 3.29. The van der Waals surface area contributed by atoms with E-state index >= 15 is 0 Å². The SMILES string of the molecule is CCNC(C)(CO)CC(C)N(CC(F)(F)F)C(C)C. The van der Waals surface area contributed by atoms with Gasteiger partial charge in [0.1, 0.15) is 0 Å². The van der Waals surface area contributed by atoms with Gasteiger partial charge >= 0.3 is 6.18 Å². The number of aliphatic hydroxyl groups excluding tert-OH is 1. The first-order valence-electron chi connectivity index (χ1n) is 6.73. The molecule has 0 aliphatic carbocycles. The van der Waals surface area contributed by atoms with Crippen LogP contribution in [0.4, 0.5) is 13.2 Å². The normalized spacial score (nSPS) is 17.8. The number of hydrogen-bond acceptors (Lipinski definition) is 3. The van der Waals surface area contributed by atoms with Crippen molar-refractivity contribution in [3.05, 3.63) is 0 Å². The molecule has 0 rings (SSSR count). The van der Waals surface area contributed by atoms with Crippen molar-refractivity contribution >= 4 is 0 Å². The van der Waals surface area contributed by atoms with Gasteiger partial charge in [-0.3, -0.25) is 4.90 Å². The van der Waals surface area contributed by atoms with Gasteiger partial charge in [0.05, 0.1) is 13.2 Å². The van der Waals surface area contributed by atoms with Gasteiger partial charge in [-0.25, -0.2) is 0 Å². The summed E-state index contributed by atoms with van der Waals surface area (Å²) in [6, 6.07) is -0.459. The van der Waals surface area contributed by atoms with Crippen molar-refractivity contribution in [2.24, 2.45) is 0 Å². The molecule has 6 heteroatoms. The van der Waals surface area contributed by atoms with Gasteiger partial charge in [0.25, 0.3) is 0 Å². The molecule has 19 heavy (non-hydrogen) atoms. The maximum absolute atomic E-state index is 12.6. The number of nitrogens with one attached hydrogen (secondary N) is 1. The number of nitrogens with zero attached hydrogens (tertiary/aromatic N) is 1. The Balaban J connectivity index is 4.77. The Hall–Kier alpha value is -0.330. The van der Waals surface area contributed by atoms with Crippen molar-refractivity contribution in [2.45, 2.75) is 64.8 Å². The summed E-state index contributed by atoms with van der Waals surface area (Å²) in [7, 11) is 0. The topological polar surface area (TPSA) is 35.5 Å². The van der Waals surface area contributed by atoms with Crippen LogP contribution in [0.3, 0.4) is 0 Å². The van der Waals surface area contributed by atoms with Gasteiger partial charge in [-0.1, -0.05) is 6.92 Å².